The van der Waals surface area contributed by atoms with Gasteiger partial charge in [-0.1, -0.05) is 25.4 Å². The summed E-state index contributed by atoms with van der Waals surface area (Å²) in [6.45, 7) is 6.13. The fourth-order valence-corrected chi connectivity index (χ4v) is 2.39. The molecule has 19 heavy (non-hydrogen) atoms. The highest BCUT2D eigenvalue weighted by Gasteiger charge is 2.20. The van der Waals surface area contributed by atoms with E-state index in [1.807, 2.05) is 20.8 Å². The third-order valence-corrected chi connectivity index (χ3v) is 3.38. The number of hydrogen-bond donors (Lipinski definition) is 2. The Morgan fingerprint density at radius 2 is 2.16 bits per heavy atom. The van der Waals surface area contributed by atoms with Crippen LogP contribution in [-0.2, 0) is 4.79 Å². The first kappa shape index (κ1) is 16.3. The average Bonchev–Trinajstić information content (AvgIpc) is 2.32. The minimum atomic E-state index is -0.577. The molecule has 1 amide bonds. The molecule has 0 aliphatic heterocycles. The van der Waals surface area contributed by atoms with E-state index in [-0.39, 0.29) is 11.8 Å². The number of benzene rings is 1. The number of ether oxygens (including phenoxy) is 1. The zero-order chi connectivity index (χ0) is 14.6. The molecular weight excluding hydrogens is 332 g/mol. The third-order valence-electron chi connectivity index (χ3n) is 2.58. The van der Waals surface area contributed by atoms with Crippen LogP contribution in [0.3, 0.4) is 0 Å². The second-order valence-corrected chi connectivity index (χ2v) is 5.75. The van der Waals surface area contributed by atoms with Gasteiger partial charge in [0.25, 0.3) is 0 Å². The van der Waals surface area contributed by atoms with Gasteiger partial charge in [0.2, 0.25) is 5.91 Å². The van der Waals surface area contributed by atoms with Crippen LogP contribution < -0.4 is 15.8 Å². The van der Waals surface area contributed by atoms with E-state index in [0.717, 1.165) is 0 Å². The van der Waals surface area contributed by atoms with E-state index in [2.05, 4.69) is 21.2 Å². The van der Waals surface area contributed by atoms with Crippen molar-refractivity contribution < 1.29 is 9.53 Å². The Morgan fingerprint density at radius 3 is 2.68 bits per heavy atom. The first-order valence-corrected chi connectivity index (χ1v) is 7.22. The highest BCUT2D eigenvalue weighted by molar-refractivity contribution is 9.10. The largest absolute Gasteiger partial charge is 0.491 e. The van der Waals surface area contributed by atoms with Gasteiger partial charge < -0.3 is 15.8 Å². The molecule has 0 heterocycles. The number of nitrogens with one attached hydrogen (secondary N) is 1. The predicted molar refractivity (Wildman–Crippen MR) is 81.8 cm³/mol. The standard InChI is InChI=1S/C13H18BrClN2O2/c1-4-19-12-9(14)5-8(15)6-10(12)17-13(18)11(16)7(2)3/h5-7,11H,4,16H2,1-3H3,(H,17,18)/t11-/m1/s1. The van der Waals surface area contributed by atoms with Gasteiger partial charge in [-0.25, -0.2) is 0 Å². The minimum Gasteiger partial charge on any atom is -0.491 e. The summed E-state index contributed by atoms with van der Waals surface area (Å²) in [5, 5.41) is 3.26. The molecule has 0 aliphatic carbocycles. The monoisotopic (exact) mass is 348 g/mol. The molecule has 106 valence electrons. The molecule has 0 radical (unpaired) electrons. The fourth-order valence-electron chi connectivity index (χ4n) is 1.46. The molecule has 0 unspecified atom stereocenters. The summed E-state index contributed by atoms with van der Waals surface area (Å²) in [5.41, 5.74) is 6.33. The molecule has 6 heteroatoms. The number of hydrogen-bond acceptors (Lipinski definition) is 3. The molecule has 1 rings (SSSR count). The van der Waals surface area contributed by atoms with Gasteiger partial charge in [-0.05, 0) is 40.9 Å². The maximum absolute atomic E-state index is 12.0. The zero-order valence-electron chi connectivity index (χ0n) is 11.2. The number of anilines is 1. The number of nitrogens with two attached hydrogens (primary N) is 1. The summed E-state index contributed by atoms with van der Waals surface area (Å²) in [5.74, 6) is 0.347. The SMILES string of the molecule is CCOc1c(Br)cc(Cl)cc1NC(=O)[C@H](N)C(C)C. The van der Waals surface area contributed by atoms with Crippen molar-refractivity contribution >= 4 is 39.1 Å². The maximum atomic E-state index is 12.0. The summed E-state index contributed by atoms with van der Waals surface area (Å²) in [7, 11) is 0. The maximum Gasteiger partial charge on any atom is 0.241 e. The van der Waals surface area contributed by atoms with Gasteiger partial charge in [-0.3, -0.25) is 4.79 Å². The number of rotatable bonds is 5. The summed E-state index contributed by atoms with van der Waals surface area (Å²) < 4.78 is 6.19. The average molecular weight is 350 g/mol. The van der Waals surface area contributed by atoms with Gasteiger partial charge in [0, 0.05) is 5.02 Å². The molecule has 0 aromatic heterocycles. The Morgan fingerprint density at radius 1 is 1.53 bits per heavy atom. The third kappa shape index (κ3) is 4.37. The van der Waals surface area contributed by atoms with Crippen molar-refractivity contribution in [3.63, 3.8) is 0 Å². The zero-order valence-corrected chi connectivity index (χ0v) is 13.5. The number of halogens is 2. The van der Waals surface area contributed by atoms with Crippen molar-refractivity contribution in [2.75, 3.05) is 11.9 Å². The minimum absolute atomic E-state index is 0.0539. The van der Waals surface area contributed by atoms with Crippen LogP contribution >= 0.6 is 27.5 Å². The smallest absolute Gasteiger partial charge is 0.241 e. The van der Waals surface area contributed by atoms with Crippen LogP contribution in [0.2, 0.25) is 5.02 Å². The van der Waals surface area contributed by atoms with Crippen LogP contribution in [0.15, 0.2) is 16.6 Å². The number of carbonyl (C=O) groups excluding carboxylic acids is 1. The normalized spacial score (nSPS) is 12.4. The molecule has 0 bridgehead atoms. The van der Waals surface area contributed by atoms with Crippen LogP contribution in [0.5, 0.6) is 5.75 Å². The quantitative estimate of drug-likeness (QED) is 0.856. The molecule has 4 nitrogen and oxygen atoms in total. The van der Waals surface area contributed by atoms with Gasteiger partial charge in [0.1, 0.15) is 0 Å². The van der Waals surface area contributed by atoms with E-state index in [9.17, 15) is 4.79 Å². The molecule has 0 spiro atoms. The molecule has 1 aromatic rings. The van der Waals surface area contributed by atoms with Gasteiger partial charge in [-0.15, -0.1) is 0 Å². The van der Waals surface area contributed by atoms with E-state index in [0.29, 0.717) is 27.5 Å². The lowest BCUT2D eigenvalue weighted by Gasteiger charge is -2.18. The fraction of sp³-hybridized carbons (Fsp3) is 0.462. The van der Waals surface area contributed by atoms with Crippen LogP contribution in [0, 0.1) is 5.92 Å². The first-order chi connectivity index (χ1) is 8.86. The first-order valence-electron chi connectivity index (χ1n) is 6.05. The summed E-state index contributed by atoms with van der Waals surface area (Å²) in [4.78, 5) is 12.0. The van der Waals surface area contributed by atoms with Crippen molar-refractivity contribution in [2.24, 2.45) is 11.7 Å². The molecule has 0 saturated carbocycles. The van der Waals surface area contributed by atoms with Crippen molar-refractivity contribution in [3.8, 4) is 5.75 Å². The lowest BCUT2D eigenvalue weighted by atomic mass is 10.0. The summed E-state index contributed by atoms with van der Waals surface area (Å²) in [6.07, 6.45) is 0. The lowest BCUT2D eigenvalue weighted by molar-refractivity contribution is -0.118. The van der Waals surface area contributed by atoms with Crippen molar-refractivity contribution in [2.45, 2.75) is 26.8 Å². The van der Waals surface area contributed by atoms with Crippen LogP contribution in [-0.4, -0.2) is 18.6 Å². The van der Waals surface area contributed by atoms with Crippen molar-refractivity contribution in [3.05, 3.63) is 21.6 Å². The Kier molecular flexibility index (Phi) is 6.10. The van der Waals surface area contributed by atoms with Gasteiger partial charge in [0.05, 0.1) is 22.8 Å². The van der Waals surface area contributed by atoms with E-state index < -0.39 is 6.04 Å². The van der Waals surface area contributed by atoms with Gasteiger partial charge >= 0.3 is 0 Å². The van der Waals surface area contributed by atoms with Gasteiger partial charge in [0.15, 0.2) is 5.75 Å². The molecule has 0 fully saturated rings. The highest BCUT2D eigenvalue weighted by atomic mass is 79.9. The molecule has 0 aliphatic rings. The van der Waals surface area contributed by atoms with Gasteiger partial charge in [-0.2, -0.15) is 0 Å². The van der Waals surface area contributed by atoms with Crippen molar-refractivity contribution in [1.82, 2.24) is 0 Å². The Balaban J connectivity index is 3.02. The van der Waals surface area contributed by atoms with Crippen molar-refractivity contribution in [1.29, 1.82) is 0 Å². The van der Waals surface area contributed by atoms with E-state index in [4.69, 9.17) is 22.1 Å². The number of carbonyl (C=O) groups is 1. The lowest BCUT2D eigenvalue weighted by Crippen LogP contribution is -2.39. The van der Waals surface area contributed by atoms with Crippen LogP contribution in [0.25, 0.3) is 0 Å². The Hall–Kier alpha value is -0.780. The van der Waals surface area contributed by atoms with Crippen LogP contribution in [0.4, 0.5) is 5.69 Å². The number of amides is 1. The molecule has 3 N–H and O–H groups in total. The van der Waals surface area contributed by atoms with E-state index in [1.165, 1.54) is 0 Å². The Labute approximate surface area is 126 Å². The molecule has 1 atom stereocenters. The second kappa shape index (κ2) is 7.12. The molecule has 1 aromatic carbocycles. The van der Waals surface area contributed by atoms with Crippen LogP contribution in [0.1, 0.15) is 20.8 Å². The topological polar surface area (TPSA) is 64.3 Å². The van der Waals surface area contributed by atoms with E-state index >= 15 is 0 Å². The highest BCUT2D eigenvalue weighted by Crippen LogP contribution is 2.36. The predicted octanol–water partition coefficient (Wildman–Crippen LogP) is 3.42. The summed E-state index contributed by atoms with van der Waals surface area (Å²) >= 11 is 9.34. The Bertz CT molecular complexity index is 466. The molecule has 0 saturated heterocycles. The molecular formula is C13H18BrClN2O2. The van der Waals surface area contributed by atoms with E-state index in [1.54, 1.807) is 12.1 Å². The summed E-state index contributed by atoms with van der Waals surface area (Å²) in [6, 6.07) is 2.78. The second-order valence-electron chi connectivity index (χ2n) is 4.46.